The third kappa shape index (κ3) is 2.14. The standard InChI is InChI=1S/C11H16N4O/c12-5-7-15(8-3-4-8)11-9(10(13)16)2-1-6-14-11/h1-2,6,8H,3-5,7,12H2,(H2,13,16). The van der Waals surface area contributed by atoms with Crippen molar-refractivity contribution in [3.63, 3.8) is 0 Å². The number of amides is 1. The van der Waals surface area contributed by atoms with Crippen molar-refractivity contribution in [2.24, 2.45) is 11.5 Å². The molecular weight excluding hydrogens is 204 g/mol. The fourth-order valence-corrected chi connectivity index (χ4v) is 1.80. The Bertz CT molecular complexity index is 389. The molecule has 1 aromatic rings. The lowest BCUT2D eigenvalue weighted by Gasteiger charge is -2.24. The van der Waals surface area contributed by atoms with Gasteiger partial charge in [-0.1, -0.05) is 0 Å². The van der Waals surface area contributed by atoms with E-state index in [1.165, 1.54) is 0 Å². The molecule has 5 heteroatoms. The van der Waals surface area contributed by atoms with Crippen LogP contribution in [-0.2, 0) is 0 Å². The van der Waals surface area contributed by atoms with Gasteiger partial charge in [0.2, 0.25) is 0 Å². The fraction of sp³-hybridized carbons (Fsp3) is 0.455. The van der Waals surface area contributed by atoms with Gasteiger partial charge in [-0.05, 0) is 25.0 Å². The van der Waals surface area contributed by atoms with Crippen LogP contribution in [0.3, 0.4) is 0 Å². The van der Waals surface area contributed by atoms with E-state index >= 15 is 0 Å². The molecule has 0 unspecified atom stereocenters. The van der Waals surface area contributed by atoms with Gasteiger partial charge in [-0.3, -0.25) is 4.79 Å². The Morgan fingerprint density at radius 1 is 1.56 bits per heavy atom. The second kappa shape index (κ2) is 4.49. The largest absolute Gasteiger partial charge is 0.365 e. The van der Waals surface area contributed by atoms with E-state index in [0.29, 0.717) is 30.5 Å². The minimum absolute atomic E-state index is 0.439. The summed E-state index contributed by atoms with van der Waals surface area (Å²) in [7, 11) is 0. The highest BCUT2D eigenvalue weighted by Gasteiger charge is 2.31. The molecule has 1 aromatic heterocycles. The van der Waals surface area contributed by atoms with Gasteiger partial charge in [0.25, 0.3) is 5.91 Å². The Kier molecular flexibility index (Phi) is 3.05. The molecule has 1 aliphatic carbocycles. The molecule has 1 aliphatic rings. The number of carbonyl (C=O) groups excluding carboxylic acids is 1. The minimum atomic E-state index is -0.439. The first-order valence-corrected chi connectivity index (χ1v) is 5.45. The molecule has 0 spiro atoms. The van der Waals surface area contributed by atoms with Gasteiger partial charge in [-0.2, -0.15) is 0 Å². The molecule has 1 heterocycles. The molecule has 16 heavy (non-hydrogen) atoms. The molecule has 0 atom stereocenters. The molecule has 86 valence electrons. The van der Waals surface area contributed by atoms with Crippen LogP contribution in [0.5, 0.6) is 0 Å². The number of hydrogen-bond donors (Lipinski definition) is 2. The number of carbonyl (C=O) groups is 1. The SMILES string of the molecule is NCCN(c1ncccc1C(N)=O)C1CC1. The number of hydrogen-bond acceptors (Lipinski definition) is 4. The van der Waals surface area contributed by atoms with Crippen molar-refractivity contribution >= 4 is 11.7 Å². The van der Waals surface area contributed by atoms with Crippen LogP contribution in [0.4, 0.5) is 5.82 Å². The lowest BCUT2D eigenvalue weighted by Crippen LogP contribution is -2.34. The zero-order valence-corrected chi connectivity index (χ0v) is 9.10. The van der Waals surface area contributed by atoms with Gasteiger partial charge in [-0.25, -0.2) is 4.98 Å². The monoisotopic (exact) mass is 220 g/mol. The van der Waals surface area contributed by atoms with E-state index in [-0.39, 0.29) is 0 Å². The van der Waals surface area contributed by atoms with Crippen molar-refractivity contribution in [1.29, 1.82) is 0 Å². The maximum absolute atomic E-state index is 11.3. The zero-order chi connectivity index (χ0) is 11.5. The van der Waals surface area contributed by atoms with Crippen LogP contribution in [0.15, 0.2) is 18.3 Å². The smallest absolute Gasteiger partial charge is 0.252 e. The second-order valence-corrected chi connectivity index (χ2v) is 3.95. The van der Waals surface area contributed by atoms with Crippen LogP contribution in [0.25, 0.3) is 0 Å². The number of pyridine rings is 1. The highest BCUT2D eigenvalue weighted by atomic mass is 16.1. The maximum Gasteiger partial charge on any atom is 0.252 e. The Labute approximate surface area is 94.4 Å². The Morgan fingerprint density at radius 3 is 2.88 bits per heavy atom. The zero-order valence-electron chi connectivity index (χ0n) is 9.10. The summed E-state index contributed by atoms with van der Waals surface area (Å²) in [5.74, 6) is 0.230. The molecule has 5 nitrogen and oxygen atoms in total. The average Bonchev–Trinajstić information content (AvgIpc) is 3.10. The Hall–Kier alpha value is -1.62. The van der Waals surface area contributed by atoms with E-state index < -0.39 is 5.91 Å². The third-order valence-electron chi connectivity index (χ3n) is 2.68. The predicted molar refractivity (Wildman–Crippen MR) is 62.2 cm³/mol. The van der Waals surface area contributed by atoms with Gasteiger partial charge in [-0.15, -0.1) is 0 Å². The lowest BCUT2D eigenvalue weighted by atomic mass is 10.2. The second-order valence-electron chi connectivity index (χ2n) is 3.95. The molecule has 0 aromatic carbocycles. The van der Waals surface area contributed by atoms with E-state index in [0.717, 1.165) is 12.8 Å². The molecular formula is C11H16N4O. The Morgan fingerprint density at radius 2 is 2.31 bits per heavy atom. The van der Waals surface area contributed by atoms with Crippen LogP contribution >= 0.6 is 0 Å². The third-order valence-corrected chi connectivity index (χ3v) is 2.68. The Balaban J connectivity index is 2.32. The molecule has 0 bridgehead atoms. The van der Waals surface area contributed by atoms with Crippen molar-refractivity contribution in [2.75, 3.05) is 18.0 Å². The van der Waals surface area contributed by atoms with Gasteiger partial charge < -0.3 is 16.4 Å². The number of rotatable bonds is 5. The van der Waals surface area contributed by atoms with E-state index in [9.17, 15) is 4.79 Å². The van der Waals surface area contributed by atoms with Crippen LogP contribution in [0, 0.1) is 0 Å². The first-order chi connectivity index (χ1) is 7.74. The molecule has 0 saturated heterocycles. The van der Waals surface area contributed by atoms with E-state index in [1.807, 2.05) is 0 Å². The number of anilines is 1. The molecule has 0 aliphatic heterocycles. The maximum atomic E-state index is 11.3. The van der Waals surface area contributed by atoms with E-state index in [2.05, 4.69) is 9.88 Å². The predicted octanol–water partition coefficient (Wildman–Crippen LogP) is 0.108. The van der Waals surface area contributed by atoms with Crippen molar-refractivity contribution in [1.82, 2.24) is 4.98 Å². The summed E-state index contributed by atoms with van der Waals surface area (Å²) in [6, 6.07) is 3.89. The number of primary amides is 1. The van der Waals surface area contributed by atoms with Crippen molar-refractivity contribution in [3.8, 4) is 0 Å². The summed E-state index contributed by atoms with van der Waals surface area (Å²) in [5, 5.41) is 0. The highest BCUT2D eigenvalue weighted by Crippen LogP contribution is 2.31. The number of aromatic nitrogens is 1. The van der Waals surface area contributed by atoms with Crippen molar-refractivity contribution in [2.45, 2.75) is 18.9 Å². The summed E-state index contributed by atoms with van der Waals surface area (Å²) < 4.78 is 0. The number of nitrogens with zero attached hydrogens (tertiary/aromatic N) is 2. The highest BCUT2D eigenvalue weighted by molar-refractivity contribution is 5.97. The first-order valence-electron chi connectivity index (χ1n) is 5.45. The van der Waals surface area contributed by atoms with E-state index in [4.69, 9.17) is 11.5 Å². The van der Waals surface area contributed by atoms with Crippen LogP contribution in [0.1, 0.15) is 23.2 Å². The van der Waals surface area contributed by atoms with Gasteiger partial charge in [0.05, 0.1) is 5.56 Å². The van der Waals surface area contributed by atoms with Gasteiger partial charge in [0.15, 0.2) is 0 Å². The van der Waals surface area contributed by atoms with Crippen LogP contribution < -0.4 is 16.4 Å². The van der Waals surface area contributed by atoms with Gasteiger partial charge in [0.1, 0.15) is 5.82 Å². The summed E-state index contributed by atoms with van der Waals surface area (Å²) in [5.41, 5.74) is 11.4. The summed E-state index contributed by atoms with van der Waals surface area (Å²) in [4.78, 5) is 17.6. The molecule has 1 amide bonds. The lowest BCUT2D eigenvalue weighted by molar-refractivity contribution is 0.100. The molecule has 2 rings (SSSR count). The molecule has 1 saturated carbocycles. The van der Waals surface area contributed by atoms with Crippen LogP contribution in [-0.4, -0.2) is 30.0 Å². The summed E-state index contributed by atoms with van der Waals surface area (Å²) in [6.07, 6.45) is 3.94. The topological polar surface area (TPSA) is 85.2 Å². The quantitative estimate of drug-likeness (QED) is 0.737. The van der Waals surface area contributed by atoms with Crippen LogP contribution in [0.2, 0.25) is 0 Å². The summed E-state index contributed by atoms with van der Waals surface area (Å²) in [6.45, 7) is 1.26. The number of nitrogens with two attached hydrogens (primary N) is 2. The van der Waals surface area contributed by atoms with Gasteiger partial charge >= 0.3 is 0 Å². The fourth-order valence-electron chi connectivity index (χ4n) is 1.80. The minimum Gasteiger partial charge on any atom is -0.365 e. The van der Waals surface area contributed by atoms with Gasteiger partial charge in [0, 0.05) is 25.3 Å². The van der Waals surface area contributed by atoms with Crippen molar-refractivity contribution < 1.29 is 4.79 Å². The first kappa shape index (κ1) is 10.9. The average molecular weight is 220 g/mol. The molecule has 0 radical (unpaired) electrons. The van der Waals surface area contributed by atoms with E-state index in [1.54, 1.807) is 18.3 Å². The summed E-state index contributed by atoms with van der Waals surface area (Å²) >= 11 is 0. The normalized spacial score (nSPS) is 14.8. The molecule has 1 fully saturated rings. The van der Waals surface area contributed by atoms with Crippen molar-refractivity contribution in [3.05, 3.63) is 23.9 Å². The molecule has 4 N–H and O–H groups in total.